The van der Waals surface area contributed by atoms with E-state index in [2.05, 4.69) is 5.32 Å². The molecular weight excluding hydrogens is 529 g/mol. The number of aliphatic hydroxyl groups excluding tert-OH is 1. The molecule has 3 N–H and O–H groups in total. The molecule has 4 heterocycles. The fourth-order valence-corrected chi connectivity index (χ4v) is 7.33. The summed E-state index contributed by atoms with van der Waals surface area (Å²) in [5.74, 6) is -1.40. The molecule has 7 rings (SSSR count). The number of esters is 1. The quantitative estimate of drug-likeness (QED) is 0.328. The van der Waals surface area contributed by atoms with Gasteiger partial charge in [-0.3, -0.25) is 9.59 Å². The van der Waals surface area contributed by atoms with Crippen molar-refractivity contribution in [2.45, 2.75) is 89.7 Å². The molecule has 1 amide bonds. The van der Waals surface area contributed by atoms with E-state index in [4.69, 9.17) is 9.72 Å². The minimum atomic E-state index is -1.95. The Hall–Kier alpha value is -3.63. The second-order valence-corrected chi connectivity index (χ2v) is 11.9. The fourth-order valence-electron chi connectivity index (χ4n) is 7.33. The molecule has 1 aromatic carbocycles. The third-order valence-corrected chi connectivity index (χ3v) is 9.76. The lowest BCUT2D eigenvalue weighted by molar-refractivity contribution is -0.172. The van der Waals surface area contributed by atoms with Crippen molar-refractivity contribution in [1.82, 2.24) is 14.9 Å². The highest BCUT2D eigenvalue weighted by Gasteiger charge is 2.46. The molecule has 214 valence electrons. The highest BCUT2D eigenvalue weighted by atomic mass is 19.1. The van der Waals surface area contributed by atoms with Gasteiger partial charge in [-0.15, -0.1) is 0 Å². The Labute approximate surface area is 235 Å². The Morgan fingerprint density at radius 2 is 1.93 bits per heavy atom. The molecule has 2 aliphatic heterocycles. The third-order valence-electron chi connectivity index (χ3n) is 9.76. The summed E-state index contributed by atoms with van der Waals surface area (Å²) >= 11 is 0. The first-order chi connectivity index (χ1) is 19.6. The van der Waals surface area contributed by atoms with Crippen LogP contribution >= 0.6 is 0 Å². The van der Waals surface area contributed by atoms with Gasteiger partial charge in [0.25, 0.3) is 5.56 Å². The molecule has 41 heavy (non-hydrogen) atoms. The lowest BCUT2D eigenvalue weighted by atomic mass is 9.81. The molecule has 0 spiro atoms. The first kappa shape index (κ1) is 26.3. The van der Waals surface area contributed by atoms with Gasteiger partial charge in [0.1, 0.15) is 12.4 Å². The molecule has 2 atom stereocenters. The molecule has 2 aromatic heterocycles. The first-order valence-electron chi connectivity index (χ1n) is 14.4. The number of nitrogens with zero attached hydrogens (tertiary/aromatic N) is 2. The Kier molecular flexibility index (Phi) is 5.89. The molecule has 4 aliphatic rings. The SMILES string of the molecule is CC[C@@]1(O)C(=O)OCc2c1cc1n(c2=O)Cc2c-1nc1cc(F)c(C)c3c1c2[C@@H](NC(=O)C1CCC(O)CC1)CC3. The van der Waals surface area contributed by atoms with Crippen molar-refractivity contribution in [2.75, 3.05) is 0 Å². The van der Waals surface area contributed by atoms with Gasteiger partial charge in [0.15, 0.2) is 5.60 Å². The van der Waals surface area contributed by atoms with E-state index in [-0.39, 0.29) is 66.0 Å². The summed E-state index contributed by atoms with van der Waals surface area (Å²) < 4.78 is 21.9. The van der Waals surface area contributed by atoms with Crippen molar-refractivity contribution < 1.29 is 28.9 Å². The number of carbonyl (C=O) groups is 2. The van der Waals surface area contributed by atoms with E-state index in [1.165, 1.54) is 6.07 Å². The lowest BCUT2D eigenvalue weighted by Crippen LogP contribution is -2.44. The molecule has 2 aliphatic carbocycles. The van der Waals surface area contributed by atoms with Crippen LogP contribution in [0.1, 0.15) is 84.9 Å². The number of aliphatic hydroxyl groups is 2. The predicted molar refractivity (Wildman–Crippen MR) is 146 cm³/mol. The summed E-state index contributed by atoms with van der Waals surface area (Å²) in [4.78, 5) is 44.6. The van der Waals surface area contributed by atoms with Crippen LogP contribution in [0.15, 0.2) is 16.9 Å². The molecule has 10 heteroatoms. The number of aryl methyl sites for hydroxylation is 1. The maximum atomic E-state index is 15.1. The van der Waals surface area contributed by atoms with Gasteiger partial charge in [-0.2, -0.15) is 0 Å². The highest BCUT2D eigenvalue weighted by Crippen LogP contribution is 2.46. The Morgan fingerprint density at radius 3 is 2.66 bits per heavy atom. The van der Waals surface area contributed by atoms with E-state index < -0.39 is 11.6 Å². The summed E-state index contributed by atoms with van der Waals surface area (Å²) in [5, 5.41) is 25.2. The zero-order valence-corrected chi connectivity index (χ0v) is 23.1. The van der Waals surface area contributed by atoms with Crippen LogP contribution in [0.4, 0.5) is 4.39 Å². The number of rotatable bonds is 3. The first-order valence-corrected chi connectivity index (χ1v) is 14.4. The molecule has 1 saturated carbocycles. The van der Waals surface area contributed by atoms with Crippen LogP contribution in [-0.4, -0.2) is 37.7 Å². The molecular formula is C31H32FN3O6. The van der Waals surface area contributed by atoms with Gasteiger partial charge in [0.05, 0.1) is 41.2 Å². The van der Waals surface area contributed by atoms with Crippen LogP contribution in [0.2, 0.25) is 0 Å². The van der Waals surface area contributed by atoms with Crippen LogP contribution in [0.3, 0.4) is 0 Å². The Balaban J connectivity index is 1.41. The average molecular weight is 562 g/mol. The normalized spacial score (nSPS) is 26.3. The molecule has 0 radical (unpaired) electrons. The molecule has 3 aromatic rings. The number of nitrogens with one attached hydrogen (secondary N) is 1. The topological polar surface area (TPSA) is 131 Å². The Bertz CT molecular complexity index is 1720. The van der Waals surface area contributed by atoms with Crippen molar-refractivity contribution in [3.05, 3.63) is 61.7 Å². The van der Waals surface area contributed by atoms with Crippen molar-refractivity contribution in [3.8, 4) is 11.4 Å². The number of fused-ring (bicyclic) bond motifs is 5. The van der Waals surface area contributed by atoms with Crippen molar-refractivity contribution in [3.63, 3.8) is 0 Å². The van der Waals surface area contributed by atoms with Gasteiger partial charge in [0.2, 0.25) is 5.91 Å². The van der Waals surface area contributed by atoms with Crippen LogP contribution in [0.5, 0.6) is 0 Å². The number of pyridine rings is 2. The number of amides is 1. The molecule has 0 saturated heterocycles. The van der Waals surface area contributed by atoms with E-state index in [1.807, 2.05) is 0 Å². The molecule has 1 fully saturated rings. The fraction of sp³-hybridized carbons (Fsp3) is 0.484. The molecule has 9 nitrogen and oxygen atoms in total. The van der Waals surface area contributed by atoms with E-state index in [9.17, 15) is 24.6 Å². The van der Waals surface area contributed by atoms with E-state index >= 15 is 4.39 Å². The van der Waals surface area contributed by atoms with Crippen LogP contribution in [0.25, 0.3) is 22.3 Å². The zero-order valence-electron chi connectivity index (χ0n) is 23.1. The van der Waals surface area contributed by atoms with Crippen molar-refractivity contribution in [1.29, 1.82) is 0 Å². The minimum absolute atomic E-state index is 0.0329. The number of hydrogen-bond donors (Lipinski definition) is 3. The van der Waals surface area contributed by atoms with Crippen LogP contribution in [-0.2, 0) is 39.5 Å². The van der Waals surface area contributed by atoms with E-state index in [0.717, 1.165) is 22.1 Å². The number of ether oxygens (including phenoxy) is 1. The standard InChI is InChI=1S/C31H32FN3O6/c1-3-31(40)20-10-24-27-18(12-35(24)29(38)19(20)13-41-30(31)39)26-22(34-28(37)15-4-6-16(36)7-5-15)9-8-17-14(2)21(32)11-23(33-27)25(17)26/h10-11,15-16,22,36,40H,3-9,12-13H2,1-2H3,(H,34,37)/t15?,16?,22-,31-/m0/s1. The summed E-state index contributed by atoms with van der Waals surface area (Å²) in [6.07, 6.45) is 3.25. The summed E-state index contributed by atoms with van der Waals surface area (Å²) in [6, 6.07) is 2.69. The van der Waals surface area contributed by atoms with Gasteiger partial charge < -0.3 is 24.8 Å². The number of carbonyl (C=O) groups excluding carboxylic acids is 2. The zero-order chi connectivity index (χ0) is 28.8. The van der Waals surface area contributed by atoms with Gasteiger partial charge >= 0.3 is 5.97 Å². The summed E-state index contributed by atoms with van der Waals surface area (Å²) in [6.45, 7) is 3.38. The number of aromatic nitrogens is 2. The molecule has 0 bridgehead atoms. The number of benzene rings is 1. The van der Waals surface area contributed by atoms with E-state index in [0.29, 0.717) is 61.0 Å². The minimum Gasteiger partial charge on any atom is -0.458 e. The Morgan fingerprint density at radius 1 is 1.17 bits per heavy atom. The largest absolute Gasteiger partial charge is 0.458 e. The van der Waals surface area contributed by atoms with Gasteiger partial charge in [-0.05, 0) is 74.6 Å². The van der Waals surface area contributed by atoms with Gasteiger partial charge in [-0.25, -0.2) is 14.2 Å². The van der Waals surface area contributed by atoms with Crippen LogP contribution < -0.4 is 10.9 Å². The summed E-state index contributed by atoms with van der Waals surface area (Å²) in [5.41, 5.74) is 2.55. The van der Waals surface area contributed by atoms with Crippen molar-refractivity contribution in [2.24, 2.45) is 5.92 Å². The maximum Gasteiger partial charge on any atom is 0.343 e. The molecule has 0 unspecified atom stereocenters. The van der Waals surface area contributed by atoms with Crippen LogP contribution in [0, 0.1) is 18.7 Å². The highest BCUT2D eigenvalue weighted by molar-refractivity contribution is 5.94. The second-order valence-electron chi connectivity index (χ2n) is 11.9. The lowest BCUT2D eigenvalue weighted by Gasteiger charge is -2.32. The van der Waals surface area contributed by atoms with Gasteiger partial charge in [0, 0.05) is 28.5 Å². The smallest absolute Gasteiger partial charge is 0.343 e. The van der Waals surface area contributed by atoms with Gasteiger partial charge in [-0.1, -0.05) is 6.92 Å². The number of halogens is 1. The predicted octanol–water partition coefficient (Wildman–Crippen LogP) is 3.18. The summed E-state index contributed by atoms with van der Waals surface area (Å²) in [7, 11) is 0. The average Bonchev–Trinajstić information content (AvgIpc) is 3.33. The van der Waals surface area contributed by atoms with E-state index in [1.54, 1.807) is 24.5 Å². The third kappa shape index (κ3) is 3.73. The number of hydrogen-bond acceptors (Lipinski definition) is 7. The maximum absolute atomic E-state index is 15.1. The monoisotopic (exact) mass is 561 g/mol. The second kappa shape index (κ2) is 9.19. The van der Waals surface area contributed by atoms with Crippen molar-refractivity contribution >= 4 is 22.8 Å². The number of cyclic esters (lactones) is 1.